The molecular weight excluding hydrogens is 214 g/mol. The van der Waals surface area contributed by atoms with E-state index in [1.807, 2.05) is 6.20 Å². The molecule has 90 valence electrons. The number of aromatic nitrogens is 2. The van der Waals surface area contributed by atoms with Gasteiger partial charge in [-0.2, -0.15) is 5.10 Å². The number of aromatic amines is 1. The molecule has 1 aromatic carbocycles. The van der Waals surface area contributed by atoms with Crippen molar-refractivity contribution in [3.8, 4) is 0 Å². The SMILES string of the molecule is CC1CN(c2ccc3cn[nH]c3c2)CC(C)O1. The molecule has 2 aromatic rings. The van der Waals surface area contributed by atoms with Gasteiger partial charge < -0.3 is 9.64 Å². The van der Waals surface area contributed by atoms with Crippen LogP contribution in [0.1, 0.15) is 13.8 Å². The van der Waals surface area contributed by atoms with Gasteiger partial charge in [-0.15, -0.1) is 0 Å². The summed E-state index contributed by atoms with van der Waals surface area (Å²) in [4.78, 5) is 2.37. The smallest absolute Gasteiger partial charge is 0.0726 e. The molecule has 1 N–H and O–H groups in total. The maximum absolute atomic E-state index is 5.75. The minimum atomic E-state index is 0.288. The molecule has 0 saturated carbocycles. The summed E-state index contributed by atoms with van der Waals surface area (Å²) in [6.07, 6.45) is 2.43. The molecule has 0 spiro atoms. The van der Waals surface area contributed by atoms with E-state index in [4.69, 9.17) is 4.74 Å². The number of anilines is 1. The van der Waals surface area contributed by atoms with E-state index in [1.54, 1.807) is 0 Å². The monoisotopic (exact) mass is 231 g/mol. The van der Waals surface area contributed by atoms with Gasteiger partial charge in [0.05, 0.1) is 23.9 Å². The van der Waals surface area contributed by atoms with E-state index in [2.05, 4.69) is 47.1 Å². The Kier molecular flexibility index (Phi) is 2.52. The zero-order valence-corrected chi connectivity index (χ0v) is 10.2. The van der Waals surface area contributed by atoms with E-state index >= 15 is 0 Å². The molecule has 4 nitrogen and oxygen atoms in total. The molecule has 1 fully saturated rings. The highest BCUT2D eigenvalue weighted by Gasteiger charge is 2.22. The molecular formula is C13H17N3O. The molecule has 0 amide bonds. The third-order valence-corrected chi connectivity index (χ3v) is 3.21. The van der Waals surface area contributed by atoms with Crippen LogP contribution in [-0.4, -0.2) is 35.5 Å². The van der Waals surface area contributed by atoms with E-state index < -0.39 is 0 Å². The van der Waals surface area contributed by atoms with Gasteiger partial charge in [0.25, 0.3) is 0 Å². The summed E-state index contributed by atoms with van der Waals surface area (Å²) < 4.78 is 5.75. The Balaban J connectivity index is 1.91. The Morgan fingerprint density at radius 3 is 2.82 bits per heavy atom. The van der Waals surface area contributed by atoms with Crippen molar-refractivity contribution >= 4 is 16.6 Å². The standard InChI is InChI=1S/C13H17N3O/c1-9-7-16(8-10(2)17-9)12-4-3-11-6-14-15-13(11)5-12/h3-6,9-10H,7-8H2,1-2H3,(H,14,15). The van der Waals surface area contributed by atoms with Crippen LogP contribution in [0.15, 0.2) is 24.4 Å². The first kappa shape index (κ1) is 10.6. The molecule has 2 atom stereocenters. The second-order valence-electron chi connectivity index (χ2n) is 4.80. The van der Waals surface area contributed by atoms with E-state index in [9.17, 15) is 0 Å². The molecule has 0 bridgehead atoms. The lowest BCUT2D eigenvalue weighted by molar-refractivity contribution is -0.00521. The zero-order chi connectivity index (χ0) is 11.8. The van der Waals surface area contributed by atoms with E-state index in [-0.39, 0.29) is 12.2 Å². The second-order valence-corrected chi connectivity index (χ2v) is 4.80. The maximum atomic E-state index is 5.75. The average molecular weight is 231 g/mol. The second kappa shape index (κ2) is 4.04. The Bertz CT molecular complexity index is 512. The molecule has 2 unspecified atom stereocenters. The minimum Gasteiger partial charge on any atom is -0.372 e. The number of fused-ring (bicyclic) bond motifs is 1. The van der Waals surface area contributed by atoms with Crippen LogP contribution >= 0.6 is 0 Å². The summed E-state index contributed by atoms with van der Waals surface area (Å²) >= 11 is 0. The normalized spacial score (nSPS) is 25.4. The summed E-state index contributed by atoms with van der Waals surface area (Å²) in [5, 5.41) is 8.22. The van der Waals surface area contributed by atoms with Crippen LogP contribution in [0, 0.1) is 0 Å². The lowest BCUT2D eigenvalue weighted by Gasteiger charge is -2.36. The van der Waals surface area contributed by atoms with Gasteiger partial charge in [-0.3, -0.25) is 5.10 Å². The highest BCUT2D eigenvalue weighted by atomic mass is 16.5. The van der Waals surface area contributed by atoms with Crippen molar-refractivity contribution in [3.63, 3.8) is 0 Å². The topological polar surface area (TPSA) is 41.2 Å². The largest absolute Gasteiger partial charge is 0.372 e. The molecule has 0 aliphatic carbocycles. The van der Waals surface area contributed by atoms with Crippen LogP contribution in [0.5, 0.6) is 0 Å². The fraction of sp³-hybridized carbons (Fsp3) is 0.462. The average Bonchev–Trinajstić information content (AvgIpc) is 2.74. The molecule has 1 aliphatic heterocycles. The number of morpholine rings is 1. The molecule has 0 radical (unpaired) electrons. The van der Waals surface area contributed by atoms with Gasteiger partial charge >= 0.3 is 0 Å². The summed E-state index contributed by atoms with van der Waals surface area (Å²) in [5.41, 5.74) is 2.33. The summed E-state index contributed by atoms with van der Waals surface area (Å²) in [7, 11) is 0. The molecule has 3 rings (SSSR count). The van der Waals surface area contributed by atoms with Crippen LogP contribution in [0.25, 0.3) is 10.9 Å². The van der Waals surface area contributed by atoms with Crippen LogP contribution in [0.2, 0.25) is 0 Å². The highest BCUT2D eigenvalue weighted by Crippen LogP contribution is 2.23. The Labute approximate surface area is 101 Å². The van der Waals surface area contributed by atoms with Crippen LogP contribution in [0.4, 0.5) is 5.69 Å². The molecule has 4 heteroatoms. The number of benzene rings is 1. The van der Waals surface area contributed by atoms with Crippen molar-refractivity contribution in [3.05, 3.63) is 24.4 Å². The fourth-order valence-corrected chi connectivity index (χ4v) is 2.51. The molecule has 2 heterocycles. The third-order valence-electron chi connectivity index (χ3n) is 3.21. The van der Waals surface area contributed by atoms with Gasteiger partial charge in [0.15, 0.2) is 0 Å². The lowest BCUT2D eigenvalue weighted by Crippen LogP contribution is -2.45. The van der Waals surface area contributed by atoms with Crippen molar-refractivity contribution in [2.75, 3.05) is 18.0 Å². The Hall–Kier alpha value is -1.55. The number of rotatable bonds is 1. The first-order valence-electron chi connectivity index (χ1n) is 6.06. The summed E-state index contributed by atoms with van der Waals surface area (Å²) in [6, 6.07) is 6.43. The van der Waals surface area contributed by atoms with E-state index in [1.165, 1.54) is 5.69 Å². The number of hydrogen-bond acceptors (Lipinski definition) is 3. The quantitative estimate of drug-likeness (QED) is 0.817. The third kappa shape index (κ3) is 2.00. The maximum Gasteiger partial charge on any atom is 0.0726 e. The number of ether oxygens (including phenoxy) is 1. The lowest BCUT2D eigenvalue weighted by atomic mass is 10.1. The van der Waals surface area contributed by atoms with Crippen LogP contribution in [0.3, 0.4) is 0 Å². The van der Waals surface area contributed by atoms with Crippen LogP contribution in [-0.2, 0) is 4.74 Å². The van der Waals surface area contributed by atoms with Gasteiger partial charge in [0.2, 0.25) is 0 Å². The number of H-pyrrole nitrogens is 1. The first-order chi connectivity index (χ1) is 8.22. The fourth-order valence-electron chi connectivity index (χ4n) is 2.51. The van der Waals surface area contributed by atoms with Crippen molar-refractivity contribution < 1.29 is 4.74 Å². The summed E-state index contributed by atoms with van der Waals surface area (Å²) in [5.74, 6) is 0. The van der Waals surface area contributed by atoms with Crippen molar-refractivity contribution in [1.29, 1.82) is 0 Å². The zero-order valence-electron chi connectivity index (χ0n) is 10.2. The van der Waals surface area contributed by atoms with Gasteiger partial charge in [-0.1, -0.05) is 0 Å². The highest BCUT2D eigenvalue weighted by molar-refractivity contribution is 5.81. The Morgan fingerprint density at radius 2 is 2.06 bits per heavy atom. The predicted molar refractivity (Wildman–Crippen MR) is 68.3 cm³/mol. The van der Waals surface area contributed by atoms with Crippen molar-refractivity contribution in [2.24, 2.45) is 0 Å². The Morgan fingerprint density at radius 1 is 1.29 bits per heavy atom. The predicted octanol–water partition coefficient (Wildman–Crippen LogP) is 2.18. The van der Waals surface area contributed by atoms with Gasteiger partial charge in [-0.25, -0.2) is 0 Å². The van der Waals surface area contributed by atoms with E-state index in [0.29, 0.717) is 0 Å². The first-order valence-corrected chi connectivity index (χ1v) is 6.06. The minimum absolute atomic E-state index is 0.288. The van der Waals surface area contributed by atoms with Gasteiger partial charge in [0, 0.05) is 24.2 Å². The molecule has 17 heavy (non-hydrogen) atoms. The molecule has 1 aliphatic rings. The summed E-state index contributed by atoms with van der Waals surface area (Å²) in [6.45, 7) is 6.14. The number of nitrogens with zero attached hydrogens (tertiary/aromatic N) is 2. The van der Waals surface area contributed by atoms with E-state index in [0.717, 1.165) is 24.0 Å². The van der Waals surface area contributed by atoms with Gasteiger partial charge in [-0.05, 0) is 32.0 Å². The molecule has 1 aromatic heterocycles. The van der Waals surface area contributed by atoms with Crippen molar-refractivity contribution in [2.45, 2.75) is 26.1 Å². The molecule has 1 saturated heterocycles. The number of nitrogens with one attached hydrogen (secondary N) is 1. The van der Waals surface area contributed by atoms with Crippen LogP contribution < -0.4 is 4.90 Å². The number of hydrogen-bond donors (Lipinski definition) is 1. The van der Waals surface area contributed by atoms with Crippen molar-refractivity contribution in [1.82, 2.24) is 10.2 Å². The van der Waals surface area contributed by atoms with Gasteiger partial charge in [0.1, 0.15) is 0 Å².